The van der Waals surface area contributed by atoms with Crippen molar-refractivity contribution in [2.45, 2.75) is 45.2 Å². The van der Waals surface area contributed by atoms with Gasteiger partial charge in [-0.1, -0.05) is 39.3 Å². The van der Waals surface area contributed by atoms with E-state index in [2.05, 4.69) is 50.7 Å². The van der Waals surface area contributed by atoms with Gasteiger partial charge in [0.2, 0.25) is 0 Å². The van der Waals surface area contributed by atoms with Gasteiger partial charge in [-0.15, -0.1) is 0 Å². The third kappa shape index (κ3) is 2.67. The molecule has 20 heavy (non-hydrogen) atoms. The molecule has 1 saturated carbocycles. The van der Waals surface area contributed by atoms with Gasteiger partial charge in [0.15, 0.2) is 0 Å². The maximum atomic E-state index is 5.19. The van der Waals surface area contributed by atoms with Crippen LogP contribution < -0.4 is 5.32 Å². The molecule has 0 atom stereocenters. The predicted molar refractivity (Wildman–Crippen MR) is 82.7 cm³/mol. The first-order valence-electron chi connectivity index (χ1n) is 7.04. The van der Waals surface area contributed by atoms with Gasteiger partial charge in [-0.2, -0.15) is 0 Å². The van der Waals surface area contributed by atoms with Gasteiger partial charge in [0.05, 0.1) is 5.69 Å². The molecule has 1 heterocycles. The molecule has 0 unspecified atom stereocenters. The number of halogens is 1. The van der Waals surface area contributed by atoms with Crippen LogP contribution in [0.5, 0.6) is 0 Å². The number of hydrogen-bond acceptors (Lipinski definition) is 3. The molecule has 1 aliphatic rings. The molecule has 3 rings (SSSR count). The molecule has 1 aromatic carbocycles. The number of nitrogens with zero attached hydrogens (tertiary/aromatic N) is 1. The van der Waals surface area contributed by atoms with Crippen molar-refractivity contribution >= 4 is 15.9 Å². The van der Waals surface area contributed by atoms with E-state index in [0.29, 0.717) is 12.0 Å². The van der Waals surface area contributed by atoms with Gasteiger partial charge in [0.1, 0.15) is 5.76 Å². The Morgan fingerprint density at radius 1 is 1.30 bits per heavy atom. The molecule has 106 valence electrons. The highest BCUT2D eigenvalue weighted by atomic mass is 79.9. The van der Waals surface area contributed by atoms with Crippen LogP contribution in [0.4, 0.5) is 0 Å². The van der Waals surface area contributed by atoms with Crippen LogP contribution in [0.3, 0.4) is 0 Å². The van der Waals surface area contributed by atoms with Crippen LogP contribution in [-0.4, -0.2) is 11.2 Å². The molecule has 1 fully saturated rings. The summed E-state index contributed by atoms with van der Waals surface area (Å²) >= 11 is 3.64. The van der Waals surface area contributed by atoms with Gasteiger partial charge in [-0.25, -0.2) is 0 Å². The maximum absolute atomic E-state index is 5.19. The molecule has 0 saturated heterocycles. The summed E-state index contributed by atoms with van der Waals surface area (Å²) in [6.07, 6.45) is 2.40. The lowest BCUT2D eigenvalue weighted by Crippen LogP contribution is -2.39. The second-order valence-corrected chi connectivity index (χ2v) is 6.42. The van der Waals surface area contributed by atoms with Crippen LogP contribution in [0.25, 0.3) is 0 Å². The zero-order valence-corrected chi connectivity index (χ0v) is 13.4. The summed E-state index contributed by atoms with van der Waals surface area (Å²) in [5.74, 6) is 1.60. The molecular formula is C16H19BrN2O. The van der Waals surface area contributed by atoms with Crippen molar-refractivity contribution in [3.63, 3.8) is 0 Å². The average molecular weight is 335 g/mol. The lowest BCUT2D eigenvalue weighted by atomic mass is 9.76. The van der Waals surface area contributed by atoms with Crippen LogP contribution >= 0.6 is 15.9 Å². The van der Waals surface area contributed by atoms with Crippen molar-refractivity contribution in [3.8, 4) is 0 Å². The highest BCUT2D eigenvalue weighted by Crippen LogP contribution is 2.40. The zero-order valence-electron chi connectivity index (χ0n) is 11.8. The zero-order chi connectivity index (χ0) is 14.1. The molecule has 0 bridgehead atoms. The van der Waals surface area contributed by atoms with Crippen molar-refractivity contribution in [3.05, 3.63) is 51.3 Å². The van der Waals surface area contributed by atoms with E-state index in [4.69, 9.17) is 4.52 Å². The molecule has 1 aromatic heterocycles. The fraction of sp³-hybridized carbons (Fsp3) is 0.438. The summed E-state index contributed by atoms with van der Waals surface area (Å²) in [6, 6.07) is 9.13. The molecular weight excluding hydrogens is 316 g/mol. The summed E-state index contributed by atoms with van der Waals surface area (Å²) in [5.41, 5.74) is 3.63. The molecule has 1 N–H and O–H groups in total. The first-order valence-corrected chi connectivity index (χ1v) is 7.84. The van der Waals surface area contributed by atoms with E-state index >= 15 is 0 Å². The predicted octanol–water partition coefficient (Wildman–Crippen LogP) is 4.09. The minimum Gasteiger partial charge on any atom is -0.361 e. The lowest BCUT2D eigenvalue weighted by molar-refractivity contribution is 0.288. The minimum absolute atomic E-state index is 0.598. The van der Waals surface area contributed by atoms with Crippen LogP contribution in [0.15, 0.2) is 33.3 Å². The Labute approximate surface area is 127 Å². The molecule has 4 heteroatoms. The van der Waals surface area contributed by atoms with Crippen LogP contribution in [-0.2, 0) is 6.54 Å². The van der Waals surface area contributed by atoms with E-state index in [1.54, 1.807) is 0 Å². The number of benzene rings is 1. The van der Waals surface area contributed by atoms with Crippen molar-refractivity contribution in [1.29, 1.82) is 0 Å². The molecule has 0 amide bonds. The summed E-state index contributed by atoms with van der Waals surface area (Å²) in [7, 11) is 0. The van der Waals surface area contributed by atoms with Gasteiger partial charge in [0, 0.05) is 22.6 Å². The Bertz CT molecular complexity index is 583. The highest BCUT2D eigenvalue weighted by molar-refractivity contribution is 9.10. The maximum Gasteiger partial charge on any atom is 0.138 e. The number of rotatable bonds is 4. The van der Waals surface area contributed by atoms with E-state index in [1.165, 1.54) is 28.4 Å². The monoisotopic (exact) mass is 334 g/mol. The topological polar surface area (TPSA) is 38.1 Å². The molecule has 1 aliphatic carbocycles. The number of nitrogens with one attached hydrogen (secondary N) is 1. The van der Waals surface area contributed by atoms with Gasteiger partial charge in [0.25, 0.3) is 0 Å². The smallest absolute Gasteiger partial charge is 0.138 e. The first kappa shape index (κ1) is 13.8. The van der Waals surface area contributed by atoms with Gasteiger partial charge in [-0.3, -0.25) is 0 Å². The number of hydrogen-bond donors (Lipinski definition) is 1. The second-order valence-electron chi connectivity index (χ2n) is 5.57. The Morgan fingerprint density at radius 2 is 2.05 bits per heavy atom. The molecule has 0 radical (unpaired) electrons. The highest BCUT2D eigenvalue weighted by Gasteiger charge is 2.31. The summed E-state index contributed by atoms with van der Waals surface area (Å²) < 4.78 is 6.42. The van der Waals surface area contributed by atoms with E-state index in [0.717, 1.165) is 18.0 Å². The van der Waals surface area contributed by atoms with Crippen molar-refractivity contribution in [2.24, 2.45) is 0 Å². The average Bonchev–Trinajstić information content (AvgIpc) is 2.70. The summed E-state index contributed by atoms with van der Waals surface area (Å²) in [5, 5.41) is 7.60. The minimum atomic E-state index is 0.598. The largest absolute Gasteiger partial charge is 0.361 e. The molecule has 3 nitrogen and oxygen atoms in total. The summed E-state index contributed by atoms with van der Waals surface area (Å²) in [4.78, 5) is 0. The second kappa shape index (κ2) is 5.70. The Kier molecular flexibility index (Phi) is 3.94. The Hall–Kier alpha value is -1.13. The van der Waals surface area contributed by atoms with E-state index < -0.39 is 0 Å². The van der Waals surface area contributed by atoms with Crippen LogP contribution in [0.1, 0.15) is 41.3 Å². The number of aromatic nitrogens is 1. The Morgan fingerprint density at radius 3 is 2.70 bits per heavy atom. The molecule has 0 aliphatic heterocycles. The van der Waals surface area contributed by atoms with E-state index in [9.17, 15) is 0 Å². The van der Waals surface area contributed by atoms with Crippen molar-refractivity contribution < 1.29 is 4.52 Å². The van der Waals surface area contributed by atoms with Gasteiger partial charge in [-0.05, 0) is 44.2 Å². The third-order valence-corrected chi connectivity index (χ3v) is 4.95. The quantitative estimate of drug-likeness (QED) is 0.915. The fourth-order valence-electron chi connectivity index (χ4n) is 2.85. The van der Waals surface area contributed by atoms with Crippen molar-refractivity contribution in [1.82, 2.24) is 10.5 Å². The van der Waals surface area contributed by atoms with E-state index in [-0.39, 0.29) is 0 Å². The normalized spacial score (nSPS) is 21.8. The number of aryl methyl sites for hydroxylation is 2. The van der Waals surface area contributed by atoms with Crippen molar-refractivity contribution in [2.75, 3.05) is 0 Å². The first-order chi connectivity index (χ1) is 9.65. The lowest BCUT2D eigenvalue weighted by Gasteiger charge is -2.37. The Balaban J connectivity index is 1.53. The SMILES string of the molecule is Cc1noc(C)c1CNC1CC(c2ccccc2Br)C1. The van der Waals surface area contributed by atoms with E-state index in [1.807, 2.05) is 13.8 Å². The van der Waals surface area contributed by atoms with Crippen LogP contribution in [0, 0.1) is 13.8 Å². The van der Waals surface area contributed by atoms with Gasteiger partial charge < -0.3 is 9.84 Å². The van der Waals surface area contributed by atoms with Gasteiger partial charge >= 0.3 is 0 Å². The molecule has 0 spiro atoms. The summed E-state index contributed by atoms with van der Waals surface area (Å²) in [6.45, 7) is 4.83. The van der Waals surface area contributed by atoms with Crippen LogP contribution in [0.2, 0.25) is 0 Å². The molecule has 2 aromatic rings. The fourth-order valence-corrected chi connectivity index (χ4v) is 3.45. The standard InChI is InChI=1S/C16H19BrN2O/c1-10-15(11(2)20-19-10)9-18-13-7-12(8-13)14-5-3-4-6-16(14)17/h3-6,12-13,18H,7-9H2,1-2H3. The third-order valence-electron chi connectivity index (χ3n) is 4.23.